The summed E-state index contributed by atoms with van der Waals surface area (Å²) in [6, 6.07) is 7.08. The monoisotopic (exact) mass is 534 g/mol. The van der Waals surface area contributed by atoms with Crippen LogP contribution in [0.1, 0.15) is 38.8 Å². The zero-order valence-electron chi connectivity index (χ0n) is 19.6. The third-order valence-electron chi connectivity index (χ3n) is 7.33. The molecule has 0 saturated carbocycles. The lowest BCUT2D eigenvalue weighted by Crippen LogP contribution is -2.60. The van der Waals surface area contributed by atoms with E-state index in [0.717, 1.165) is 0 Å². The smallest absolute Gasteiger partial charge is 0.310 e. The van der Waals surface area contributed by atoms with Crippen LogP contribution in [0.25, 0.3) is 0 Å². The Balaban J connectivity index is 1.89. The van der Waals surface area contributed by atoms with Crippen molar-refractivity contribution < 1.29 is 29.3 Å². The Labute approximate surface area is 207 Å². The molecule has 1 spiro atoms. The molecule has 1 aromatic rings. The Kier molecular flexibility index (Phi) is 6.42. The lowest BCUT2D eigenvalue weighted by Gasteiger charge is -2.43. The molecule has 34 heavy (non-hydrogen) atoms. The maximum absolute atomic E-state index is 14.3. The Hall–Kier alpha value is -2.23. The number of aliphatic carboxylic acids is 1. The molecular formula is C25H31BrN2O6. The van der Waals surface area contributed by atoms with Crippen molar-refractivity contribution in [3.8, 4) is 0 Å². The number of hydrogen-bond donors (Lipinski definition) is 2. The van der Waals surface area contributed by atoms with Gasteiger partial charge in [0.05, 0.1) is 30.6 Å². The molecule has 3 unspecified atom stereocenters. The fourth-order valence-electron chi connectivity index (χ4n) is 5.97. The van der Waals surface area contributed by atoms with Gasteiger partial charge in [-0.2, -0.15) is 0 Å². The van der Waals surface area contributed by atoms with E-state index in [1.165, 1.54) is 4.90 Å². The van der Waals surface area contributed by atoms with Crippen molar-refractivity contribution in [3.63, 3.8) is 0 Å². The number of fused-ring (bicyclic) bond motifs is 1. The Bertz CT molecular complexity index is 995. The van der Waals surface area contributed by atoms with E-state index in [2.05, 4.69) is 22.5 Å². The lowest BCUT2D eigenvalue weighted by molar-refractivity contribution is -0.155. The topological polar surface area (TPSA) is 107 Å². The molecule has 0 radical (unpaired) electrons. The number of ether oxygens (including phenoxy) is 1. The average molecular weight is 535 g/mol. The number of alkyl halides is 1. The minimum atomic E-state index is -1.30. The molecule has 7 atom stereocenters. The fraction of sp³-hybridized carbons (Fsp3) is 0.560. The van der Waals surface area contributed by atoms with Gasteiger partial charge in [-0.1, -0.05) is 52.3 Å². The third-order valence-corrected chi connectivity index (χ3v) is 8.17. The molecule has 3 fully saturated rings. The van der Waals surface area contributed by atoms with E-state index >= 15 is 0 Å². The maximum Gasteiger partial charge on any atom is 0.310 e. The van der Waals surface area contributed by atoms with Crippen LogP contribution in [0.15, 0.2) is 43.0 Å². The number of hydrogen-bond acceptors (Lipinski definition) is 5. The first-order chi connectivity index (χ1) is 16.0. The highest BCUT2D eigenvalue weighted by molar-refractivity contribution is 9.09. The van der Waals surface area contributed by atoms with Crippen LogP contribution in [0.5, 0.6) is 0 Å². The van der Waals surface area contributed by atoms with Gasteiger partial charge in [0, 0.05) is 16.9 Å². The van der Waals surface area contributed by atoms with E-state index in [1.807, 2.05) is 26.8 Å². The molecular weight excluding hydrogens is 504 g/mol. The van der Waals surface area contributed by atoms with Crippen molar-refractivity contribution in [3.05, 3.63) is 48.6 Å². The predicted octanol–water partition coefficient (Wildman–Crippen LogP) is 2.37. The standard InChI is InChI=1S/C25H31BrN2O6/c1-5-11-27(24(2,3)4)22(31)20-25-12-15(26)19(34-25)17(23(32)33)18(25)21(30)28(20)16(13-29)14-9-7-6-8-10-14/h5-10,15-20,29H,1,11-13H2,2-4H3,(H,32,33)/t15?,16-,17+,18+,19+,20?,25?/m1/s1. The van der Waals surface area contributed by atoms with Gasteiger partial charge in [-0.3, -0.25) is 14.4 Å². The van der Waals surface area contributed by atoms with Gasteiger partial charge in [0.2, 0.25) is 11.8 Å². The highest BCUT2D eigenvalue weighted by Crippen LogP contribution is 2.61. The van der Waals surface area contributed by atoms with E-state index in [-0.39, 0.29) is 17.3 Å². The predicted molar refractivity (Wildman–Crippen MR) is 128 cm³/mol. The number of rotatable bonds is 7. The summed E-state index contributed by atoms with van der Waals surface area (Å²) in [6.07, 6.45) is 1.24. The summed E-state index contributed by atoms with van der Waals surface area (Å²) in [5, 5.41) is 20.4. The van der Waals surface area contributed by atoms with Crippen molar-refractivity contribution >= 4 is 33.7 Å². The normalized spacial score (nSPS) is 33.0. The first-order valence-electron chi connectivity index (χ1n) is 11.4. The van der Waals surface area contributed by atoms with Crippen LogP contribution in [-0.2, 0) is 19.1 Å². The van der Waals surface area contributed by atoms with Gasteiger partial charge < -0.3 is 24.7 Å². The number of carboxylic acids is 1. The molecule has 2 N–H and O–H groups in total. The minimum Gasteiger partial charge on any atom is -0.481 e. The molecule has 9 heteroatoms. The molecule has 3 aliphatic heterocycles. The summed E-state index contributed by atoms with van der Waals surface area (Å²) in [7, 11) is 0. The number of aliphatic hydroxyl groups is 1. The van der Waals surface area contributed by atoms with Crippen molar-refractivity contribution in [1.82, 2.24) is 9.80 Å². The molecule has 3 saturated heterocycles. The Morgan fingerprint density at radius 1 is 1.35 bits per heavy atom. The summed E-state index contributed by atoms with van der Waals surface area (Å²) in [5.41, 5.74) is -1.23. The van der Waals surface area contributed by atoms with E-state index in [4.69, 9.17) is 4.74 Å². The number of likely N-dealkylation sites (tertiary alicyclic amines) is 1. The number of carboxylic acid groups (broad SMARTS) is 1. The molecule has 3 heterocycles. The zero-order valence-corrected chi connectivity index (χ0v) is 21.1. The first kappa shape index (κ1) is 24.9. The van der Waals surface area contributed by atoms with Crippen LogP contribution in [0.2, 0.25) is 0 Å². The molecule has 4 rings (SSSR count). The van der Waals surface area contributed by atoms with Gasteiger partial charge in [-0.25, -0.2) is 0 Å². The summed E-state index contributed by atoms with van der Waals surface area (Å²) >= 11 is 3.55. The van der Waals surface area contributed by atoms with Crippen molar-refractivity contribution in [1.29, 1.82) is 0 Å². The van der Waals surface area contributed by atoms with Gasteiger partial charge in [-0.15, -0.1) is 6.58 Å². The van der Waals surface area contributed by atoms with Crippen molar-refractivity contribution in [2.75, 3.05) is 13.2 Å². The van der Waals surface area contributed by atoms with E-state index in [9.17, 15) is 24.6 Å². The minimum absolute atomic E-state index is 0.250. The average Bonchev–Trinajstić information content (AvgIpc) is 3.36. The van der Waals surface area contributed by atoms with Gasteiger partial charge in [0.15, 0.2) is 0 Å². The molecule has 8 nitrogen and oxygen atoms in total. The van der Waals surface area contributed by atoms with Crippen LogP contribution >= 0.6 is 15.9 Å². The van der Waals surface area contributed by atoms with Gasteiger partial charge >= 0.3 is 5.97 Å². The number of nitrogens with zero attached hydrogens (tertiary/aromatic N) is 2. The second-order valence-electron chi connectivity index (χ2n) is 10.3. The number of aliphatic hydroxyl groups excluding tert-OH is 1. The zero-order chi connectivity index (χ0) is 25.0. The van der Waals surface area contributed by atoms with E-state index < -0.39 is 59.6 Å². The summed E-state index contributed by atoms with van der Waals surface area (Å²) in [6.45, 7) is 9.30. The number of carbonyl (C=O) groups is 3. The number of benzene rings is 1. The number of carbonyl (C=O) groups excluding carboxylic acids is 2. The molecule has 184 valence electrons. The lowest BCUT2D eigenvalue weighted by atomic mass is 9.70. The van der Waals surface area contributed by atoms with Crippen LogP contribution in [0.4, 0.5) is 0 Å². The third kappa shape index (κ3) is 3.60. The van der Waals surface area contributed by atoms with Gasteiger partial charge in [0.25, 0.3) is 0 Å². The summed E-state index contributed by atoms with van der Waals surface area (Å²) < 4.78 is 6.33. The summed E-state index contributed by atoms with van der Waals surface area (Å²) in [4.78, 5) is 43.2. The second kappa shape index (κ2) is 8.77. The van der Waals surface area contributed by atoms with Crippen molar-refractivity contribution in [2.24, 2.45) is 11.8 Å². The molecule has 2 amide bonds. The van der Waals surface area contributed by atoms with E-state index in [0.29, 0.717) is 12.0 Å². The highest BCUT2D eigenvalue weighted by atomic mass is 79.9. The Morgan fingerprint density at radius 3 is 2.53 bits per heavy atom. The van der Waals surface area contributed by atoms with E-state index in [1.54, 1.807) is 35.2 Å². The quantitative estimate of drug-likeness (QED) is 0.410. The SMILES string of the molecule is C=CCN(C(=O)C1N([C@H](CO)c2ccccc2)C(=O)[C@@H]2[C@H](C(=O)O)[C@H]3OC12CC3Br)C(C)(C)C. The maximum atomic E-state index is 14.3. The molecule has 2 bridgehead atoms. The number of amides is 2. The second-order valence-corrected chi connectivity index (χ2v) is 11.4. The molecule has 0 aliphatic carbocycles. The molecule has 0 aromatic heterocycles. The van der Waals surface area contributed by atoms with Crippen LogP contribution in [0.3, 0.4) is 0 Å². The van der Waals surface area contributed by atoms with Crippen molar-refractivity contribution in [2.45, 2.75) is 61.3 Å². The largest absolute Gasteiger partial charge is 0.481 e. The van der Waals surface area contributed by atoms with Crippen LogP contribution in [0, 0.1) is 11.8 Å². The first-order valence-corrected chi connectivity index (χ1v) is 12.4. The van der Waals surface area contributed by atoms with Crippen LogP contribution in [-0.4, -0.2) is 79.1 Å². The Morgan fingerprint density at radius 2 is 2.00 bits per heavy atom. The molecule has 1 aromatic carbocycles. The fourth-order valence-corrected chi connectivity index (χ4v) is 6.91. The molecule has 3 aliphatic rings. The summed E-state index contributed by atoms with van der Waals surface area (Å²) in [5.74, 6) is -4.03. The van der Waals surface area contributed by atoms with Gasteiger partial charge in [-0.05, 0) is 32.8 Å². The number of halogens is 1. The van der Waals surface area contributed by atoms with Crippen LogP contribution < -0.4 is 0 Å². The highest BCUT2D eigenvalue weighted by Gasteiger charge is 2.77. The van der Waals surface area contributed by atoms with Gasteiger partial charge in [0.1, 0.15) is 11.6 Å².